The van der Waals surface area contributed by atoms with Gasteiger partial charge in [-0.3, -0.25) is 0 Å². The first-order chi connectivity index (χ1) is 4.84. The van der Waals surface area contributed by atoms with Crippen molar-refractivity contribution in [1.29, 1.82) is 0 Å². The first kappa shape index (κ1) is 6.81. The largest absolute Gasteiger partial charge is 0.310 e. The number of aryl methyl sites for hydroxylation is 1. The minimum absolute atomic E-state index is 1.12. The average Bonchev–Trinajstić information content (AvgIpc) is 2.31. The zero-order valence-corrected chi connectivity index (χ0v) is 5.99. The van der Waals surface area contributed by atoms with E-state index in [2.05, 4.69) is 11.6 Å². The Morgan fingerprint density at radius 1 is 1.70 bits per heavy atom. The highest BCUT2D eigenvalue weighted by atomic mass is 15.0. The highest BCUT2D eigenvalue weighted by Crippen LogP contribution is 1.96. The molecule has 1 aromatic heterocycles. The van der Waals surface area contributed by atoms with E-state index in [4.69, 9.17) is 0 Å². The van der Waals surface area contributed by atoms with Gasteiger partial charge in [0.15, 0.2) is 0 Å². The maximum atomic E-state index is 3.95. The van der Waals surface area contributed by atoms with Gasteiger partial charge in [0.05, 0.1) is 6.33 Å². The van der Waals surface area contributed by atoms with Crippen molar-refractivity contribution in [3.63, 3.8) is 0 Å². The van der Waals surface area contributed by atoms with Gasteiger partial charge in [-0.05, 0) is 13.0 Å². The van der Waals surface area contributed by atoms with Crippen molar-refractivity contribution >= 4 is 6.20 Å². The molecule has 0 unspecified atom stereocenters. The van der Waals surface area contributed by atoms with Crippen molar-refractivity contribution in [2.75, 3.05) is 0 Å². The van der Waals surface area contributed by atoms with Crippen LogP contribution in [0.25, 0.3) is 6.20 Å². The van der Waals surface area contributed by atoms with Gasteiger partial charge < -0.3 is 4.57 Å². The summed E-state index contributed by atoms with van der Waals surface area (Å²) in [4.78, 5) is 3.95. The fourth-order valence-electron chi connectivity index (χ4n) is 0.680. The van der Waals surface area contributed by atoms with Crippen LogP contribution in [0.1, 0.15) is 5.69 Å². The summed E-state index contributed by atoms with van der Waals surface area (Å²) in [5.41, 5.74) is 1.12. The molecule has 0 spiro atoms. The van der Waals surface area contributed by atoms with Crippen molar-refractivity contribution < 1.29 is 0 Å². The highest BCUT2D eigenvalue weighted by Gasteiger charge is 1.87. The Bertz CT molecular complexity index is 246. The van der Waals surface area contributed by atoms with Gasteiger partial charge in [-0.1, -0.05) is 12.7 Å². The molecule has 10 heavy (non-hydrogen) atoms. The number of rotatable bonds is 2. The van der Waals surface area contributed by atoms with E-state index in [1.807, 2.05) is 30.0 Å². The first-order valence-corrected chi connectivity index (χ1v) is 3.12. The minimum Gasteiger partial charge on any atom is -0.310 e. The van der Waals surface area contributed by atoms with E-state index in [1.165, 1.54) is 0 Å². The molecule has 0 radical (unpaired) electrons. The second-order valence-corrected chi connectivity index (χ2v) is 2.02. The normalized spacial score (nSPS) is 10.5. The molecule has 2 nitrogen and oxygen atoms in total. The Morgan fingerprint density at radius 3 is 3.00 bits per heavy atom. The van der Waals surface area contributed by atoms with Crippen molar-refractivity contribution in [2.24, 2.45) is 0 Å². The van der Waals surface area contributed by atoms with Crippen molar-refractivity contribution in [1.82, 2.24) is 9.55 Å². The third-order valence-electron chi connectivity index (χ3n) is 1.24. The fraction of sp³-hybridized carbons (Fsp3) is 0.125. The van der Waals surface area contributed by atoms with E-state index in [1.54, 1.807) is 12.4 Å². The fourth-order valence-corrected chi connectivity index (χ4v) is 0.680. The molecule has 0 fully saturated rings. The second kappa shape index (κ2) is 3.01. The summed E-state index contributed by atoms with van der Waals surface area (Å²) in [7, 11) is 0. The van der Waals surface area contributed by atoms with Crippen LogP contribution in [0.3, 0.4) is 0 Å². The molecule has 0 saturated heterocycles. The summed E-state index contributed by atoms with van der Waals surface area (Å²) < 4.78 is 1.93. The Kier molecular flexibility index (Phi) is 2.05. The van der Waals surface area contributed by atoms with Crippen LogP contribution in [0.15, 0.2) is 31.3 Å². The Hall–Kier alpha value is -1.31. The zero-order chi connectivity index (χ0) is 7.40. The molecule has 1 aromatic rings. The molecule has 0 aliphatic carbocycles. The number of nitrogens with zero attached hydrogens (tertiary/aromatic N) is 2. The second-order valence-electron chi connectivity index (χ2n) is 2.02. The maximum Gasteiger partial charge on any atom is 0.0989 e. The predicted octanol–water partition coefficient (Wildman–Crippen LogP) is 1.85. The number of allylic oxidation sites excluding steroid dienone is 2. The van der Waals surface area contributed by atoms with Gasteiger partial charge in [0.25, 0.3) is 0 Å². The van der Waals surface area contributed by atoms with Crippen LogP contribution >= 0.6 is 0 Å². The SMILES string of the molecule is C=C/C=C\n1cncc1C. The third-order valence-corrected chi connectivity index (χ3v) is 1.24. The molecule has 0 amide bonds. The predicted molar refractivity (Wildman–Crippen MR) is 42.5 cm³/mol. The molecule has 0 N–H and O–H groups in total. The van der Waals surface area contributed by atoms with Crippen LogP contribution in [0.4, 0.5) is 0 Å². The Labute approximate surface area is 60.5 Å². The van der Waals surface area contributed by atoms with Gasteiger partial charge in [-0.15, -0.1) is 0 Å². The van der Waals surface area contributed by atoms with Gasteiger partial charge in [0.1, 0.15) is 0 Å². The molecule has 0 atom stereocenters. The Morgan fingerprint density at radius 2 is 2.50 bits per heavy atom. The van der Waals surface area contributed by atoms with Gasteiger partial charge in [-0.2, -0.15) is 0 Å². The lowest BCUT2D eigenvalue weighted by Crippen LogP contribution is -1.84. The zero-order valence-electron chi connectivity index (χ0n) is 5.99. The highest BCUT2D eigenvalue weighted by molar-refractivity contribution is 5.28. The summed E-state index contributed by atoms with van der Waals surface area (Å²) >= 11 is 0. The molecule has 0 bridgehead atoms. The summed E-state index contributed by atoms with van der Waals surface area (Å²) in [6.45, 7) is 5.57. The lowest BCUT2D eigenvalue weighted by molar-refractivity contribution is 1.07. The van der Waals surface area contributed by atoms with Gasteiger partial charge >= 0.3 is 0 Å². The van der Waals surface area contributed by atoms with Gasteiger partial charge in [0.2, 0.25) is 0 Å². The van der Waals surface area contributed by atoms with Crippen LogP contribution in [0.5, 0.6) is 0 Å². The minimum atomic E-state index is 1.12. The van der Waals surface area contributed by atoms with E-state index in [0.29, 0.717) is 0 Å². The molecular formula is C8H10N2. The van der Waals surface area contributed by atoms with Crippen molar-refractivity contribution in [2.45, 2.75) is 6.92 Å². The summed E-state index contributed by atoms with van der Waals surface area (Å²) in [5, 5.41) is 0. The first-order valence-electron chi connectivity index (χ1n) is 3.12. The van der Waals surface area contributed by atoms with E-state index >= 15 is 0 Å². The molecule has 1 rings (SSSR count). The van der Waals surface area contributed by atoms with Gasteiger partial charge in [-0.25, -0.2) is 4.98 Å². The van der Waals surface area contributed by atoms with E-state index in [-0.39, 0.29) is 0 Å². The van der Waals surface area contributed by atoms with Crippen LogP contribution in [-0.2, 0) is 0 Å². The lowest BCUT2D eigenvalue weighted by atomic mass is 10.5. The number of hydrogen-bond donors (Lipinski definition) is 0. The Balaban J connectivity index is 2.83. The van der Waals surface area contributed by atoms with E-state index < -0.39 is 0 Å². The quantitative estimate of drug-likeness (QED) is 0.564. The van der Waals surface area contributed by atoms with Crippen molar-refractivity contribution in [3.8, 4) is 0 Å². The van der Waals surface area contributed by atoms with E-state index in [0.717, 1.165) is 5.69 Å². The number of imidazole rings is 1. The van der Waals surface area contributed by atoms with Gasteiger partial charge in [0, 0.05) is 18.1 Å². The molecule has 1 heterocycles. The molecule has 2 heteroatoms. The maximum absolute atomic E-state index is 3.95. The van der Waals surface area contributed by atoms with Crippen LogP contribution in [0, 0.1) is 6.92 Å². The molecule has 52 valence electrons. The molecule has 0 saturated carbocycles. The standard InChI is InChI=1S/C8H10N2/c1-3-4-5-10-7-9-6-8(10)2/h3-7H,1H2,2H3/b5-4-. The summed E-state index contributed by atoms with van der Waals surface area (Å²) in [5.74, 6) is 0. The summed E-state index contributed by atoms with van der Waals surface area (Å²) in [6, 6.07) is 0. The average molecular weight is 134 g/mol. The topological polar surface area (TPSA) is 17.8 Å². The number of hydrogen-bond acceptors (Lipinski definition) is 1. The lowest BCUT2D eigenvalue weighted by Gasteiger charge is -1.92. The van der Waals surface area contributed by atoms with Crippen LogP contribution in [-0.4, -0.2) is 9.55 Å². The van der Waals surface area contributed by atoms with Crippen molar-refractivity contribution in [3.05, 3.63) is 36.9 Å². The molecule has 0 aliphatic heterocycles. The van der Waals surface area contributed by atoms with Crippen LogP contribution < -0.4 is 0 Å². The smallest absolute Gasteiger partial charge is 0.0989 e. The van der Waals surface area contributed by atoms with Crippen LogP contribution in [0.2, 0.25) is 0 Å². The van der Waals surface area contributed by atoms with E-state index in [9.17, 15) is 0 Å². The molecule has 0 aromatic carbocycles. The third kappa shape index (κ3) is 1.35. The molecular weight excluding hydrogens is 124 g/mol. The monoisotopic (exact) mass is 134 g/mol. The molecule has 0 aliphatic rings. The number of aromatic nitrogens is 2. The summed E-state index contributed by atoms with van der Waals surface area (Å²) in [6.07, 6.45) is 9.09.